The van der Waals surface area contributed by atoms with Crippen LogP contribution >= 0.6 is 0 Å². The molecular weight excluding hydrogens is 184 g/mol. The zero-order chi connectivity index (χ0) is 11.5. The van der Waals surface area contributed by atoms with E-state index in [-0.39, 0.29) is 0 Å². The maximum absolute atomic E-state index is 4.52. The van der Waals surface area contributed by atoms with Gasteiger partial charge in [0.05, 0.1) is 0 Å². The molecule has 0 aromatic heterocycles. The molecule has 0 spiro atoms. The normalized spacial score (nSPS) is 13.3. The largest absolute Gasteiger partial charge is 0.294 e. The lowest BCUT2D eigenvalue weighted by Gasteiger charge is -2.01. The summed E-state index contributed by atoms with van der Waals surface area (Å²) < 4.78 is 0. The summed E-state index contributed by atoms with van der Waals surface area (Å²) in [6.45, 7) is 10.6. The summed E-state index contributed by atoms with van der Waals surface area (Å²) in [5, 5.41) is 0. The second-order valence-corrected chi connectivity index (χ2v) is 4.12. The van der Waals surface area contributed by atoms with E-state index in [9.17, 15) is 0 Å². The Morgan fingerprint density at radius 2 is 1.20 bits per heavy atom. The van der Waals surface area contributed by atoms with Crippen LogP contribution in [0.3, 0.4) is 0 Å². The average Bonchev–Trinajstić information content (AvgIpc) is 2.18. The van der Waals surface area contributed by atoms with Crippen molar-refractivity contribution in [1.29, 1.82) is 0 Å². The average molecular weight is 210 g/mol. The molecule has 0 aliphatic heterocycles. The second-order valence-electron chi connectivity index (χ2n) is 4.12. The Labute approximate surface area is 94.9 Å². The molecule has 0 aromatic rings. The molecule has 0 aromatic carbocycles. The van der Waals surface area contributed by atoms with Crippen molar-refractivity contribution >= 4 is 11.4 Å². The lowest BCUT2D eigenvalue weighted by molar-refractivity contribution is 0.803. The molecule has 0 unspecified atom stereocenters. The standard InChI is InChI=1S/C13H26N2/c1-5-7-9-14-12(3)11-13(4)15-10-8-6-2/h5-11H2,1-4H3/b14-12-,15-13+. The molecular formula is C13H26N2. The highest BCUT2D eigenvalue weighted by Crippen LogP contribution is 1.96. The Morgan fingerprint density at radius 1 is 0.800 bits per heavy atom. The van der Waals surface area contributed by atoms with Gasteiger partial charge in [-0.05, 0) is 26.7 Å². The molecule has 0 N–H and O–H groups in total. The third kappa shape index (κ3) is 9.64. The first-order valence-electron chi connectivity index (χ1n) is 6.20. The molecule has 2 nitrogen and oxygen atoms in total. The Morgan fingerprint density at radius 3 is 1.53 bits per heavy atom. The molecule has 0 rings (SSSR count). The topological polar surface area (TPSA) is 24.7 Å². The molecule has 0 aliphatic carbocycles. The van der Waals surface area contributed by atoms with Crippen molar-refractivity contribution < 1.29 is 0 Å². The molecule has 0 atom stereocenters. The van der Waals surface area contributed by atoms with Crippen molar-refractivity contribution in [2.24, 2.45) is 9.98 Å². The van der Waals surface area contributed by atoms with E-state index >= 15 is 0 Å². The first kappa shape index (κ1) is 14.3. The van der Waals surface area contributed by atoms with E-state index in [4.69, 9.17) is 0 Å². The van der Waals surface area contributed by atoms with Crippen molar-refractivity contribution in [3.05, 3.63) is 0 Å². The van der Waals surface area contributed by atoms with Crippen LogP contribution < -0.4 is 0 Å². The monoisotopic (exact) mass is 210 g/mol. The lowest BCUT2D eigenvalue weighted by atomic mass is 10.2. The van der Waals surface area contributed by atoms with Crippen LogP contribution in [0.25, 0.3) is 0 Å². The van der Waals surface area contributed by atoms with Gasteiger partial charge in [-0.1, -0.05) is 26.7 Å². The number of hydrogen-bond donors (Lipinski definition) is 0. The van der Waals surface area contributed by atoms with Gasteiger partial charge in [0, 0.05) is 30.9 Å². The highest BCUT2D eigenvalue weighted by atomic mass is 14.8. The van der Waals surface area contributed by atoms with Gasteiger partial charge in [-0.25, -0.2) is 0 Å². The highest BCUT2D eigenvalue weighted by Gasteiger charge is 1.95. The fraction of sp³-hybridized carbons (Fsp3) is 0.846. The SMILES string of the molecule is CCCC/N=C(/C)C/C(C)=N/CCCC. The minimum Gasteiger partial charge on any atom is -0.294 e. The van der Waals surface area contributed by atoms with E-state index in [1.54, 1.807) is 0 Å². The summed E-state index contributed by atoms with van der Waals surface area (Å²) in [6, 6.07) is 0. The van der Waals surface area contributed by atoms with Crippen LogP contribution in [0, 0.1) is 0 Å². The van der Waals surface area contributed by atoms with Crippen molar-refractivity contribution in [2.45, 2.75) is 59.8 Å². The van der Waals surface area contributed by atoms with E-state index in [2.05, 4.69) is 37.7 Å². The Bertz CT molecular complexity index is 183. The molecule has 0 radical (unpaired) electrons. The number of rotatable bonds is 8. The van der Waals surface area contributed by atoms with Gasteiger partial charge in [-0.2, -0.15) is 0 Å². The summed E-state index contributed by atoms with van der Waals surface area (Å²) in [5.41, 5.74) is 2.45. The first-order valence-corrected chi connectivity index (χ1v) is 6.20. The smallest absolute Gasteiger partial charge is 0.0388 e. The van der Waals surface area contributed by atoms with Crippen LogP contribution in [0.5, 0.6) is 0 Å². The molecule has 88 valence electrons. The van der Waals surface area contributed by atoms with Gasteiger partial charge in [0.1, 0.15) is 0 Å². The Hall–Kier alpha value is -0.660. The van der Waals surface area contributed by atoms with Crippen LogP contribution in [0.1, 0.15) is 59.8 Å². The third-order valence-corrected chi connectivity index (χ3v) is 2.30. The molecule has 0 bridgehead atoms. The number of nitrogens with zero attached hydrogens (tertiary/aromatic N) is 2. The van der Waals surface area contributed by atoms with Crippen molar-refractivity contribution in [2.75, 3.05) is 13.1 Å². The molecule has 0 saturated carbocycles. The van der Waals surface area contributed by atoms with Crippen LogP contribution in [0.15, 0.2) is 9.98 Å². The van der Waals surface area contributed by atoms with E-state index in [1.807, 2.05) is 0 Å². The maximum Gasteiger partial charge on any atom is 0.0388 e. The summed E-state index contributed by atoms with van der Waals surface area (Å²) in [4.78, 5) is 9.04. The molecule has 0 aliphatic rings. The van der Waals surface area contributed by atoms with Gasteiger partial charge in [0.25, 0.3) is 0 Å². The summed E-state index contributed by atoms with van der Waals surface area (Å²) in [7, 11) is 0. The minimum absolute atomic E-state index is 0.952. The van der Waals surface area contributed by atoms with Gasteiger partial charge in [-0.3, -0.25) is 9.98 Å². The maximum atomic E-state index is 4.52. The van der Waals surface area contributed by atoms with Gasteiger partial charge in [0.2, 0.25) is 0 Å². The first-order chi connectivity index (χ1) is 7.20. The van der Waals surface area contributed by atoms with Crippen LogP contribution in [-0.2, 0) is 0 Å². The van der Waals surface area contributed by atoms with Crippen LogP contribution in [0.2, 0.25) is 0 Å². The van der Waals surface area contributed by atoms with E-state index in [0.29, 0.717) is 0 Å². The number of unbranched alkanes of at least 4 members (excludes halogenated alkanes) is 2. The molecule has 0 saturated heterocycles. The summed E-state index contributed by atoms with van der Waals surface area (Å²) >= 11 is 0. The number of hydrogen-bond acceptors (Lipinski definition) is 2. The summed E-state index contributed by atoms with van der Waals surface area (Å²) in [6.07, 6.45) is 5.79. The minimum atomic E-state index is 0.952. The molecule has 0 fully saturated rings. The highest BCUT2D eigenvalue weighted by molar-refractivity contribution is 6.02. The Balaban J connectivity index is 3.78. The second kappa shape index (κ2) is 9.88. The van der Waals surface area contributed by atoms with Crippen molar-refractivity contribution in [3.8, 4) is 0 Å². The van der Waals surface area contributed by atoms with Crippen molar-refractivity contribution in [1.82, 2.24) is 0 Å². The molecule has 2 heteroatoms. The van der Waals surface area contributed by atoms with E-state index in [1.165, 1.54) is 37.1 Å². The number of aliphatic imine (C=N–C) groups is 2. The van der Waals surface area contributed by atoms with E-state index < -0.39 is 0 Å². The molecule has 0 heterocycles. The van der Waals surface area contributed by atoms with Gasteiger partial charge in [0.15, 0.2) is 0 Å². The van der Waals surface area contributed by atoms with Gasteiger partial charge < -0.3 is 0 Å². The van der Waals surface area contributed by atoms with Gasteiger partial charge in [-0.15, -0.1) is 0 Å². The predicted molar refractivity (Wildman–Crippen MR) is 70.4 cm³/mol. The van der Waals surface area contributed by atoms with Crippen LogP contribution in [0.4, 0.5) is 0 Å². The van der Waals surface area contributed by atoms with Gasteiger partial charge >= 0.3 is 0 Å². The quantitative estimate of drug-likeness (QED) is 0.429. The Kier molecular flexibility index (Phi) is 9.44. The van der Waals surface area contributed by atoms with E-state index in [0.717, 1.165) is 19.5 Å². The zero-order valence-electron chi connectivity index (χ0n) is 10.8. The molecule has 0 amide bonds. The zero-order valence-corrected chi connectivity index (χ0v) is 10.8. The fourth-order valence-electron chi connectivity index (χ4n) is 1.34. The predicted octanol–water partition coefficient (Wildman–Crippen LogP) is 3.90. The summed E-state index contributed by atoms with van der Waals surface area (Å²) in [5.74, 6) is 0. The fourth-order valence-corrected chi connectivity index (χ4v) is 1.34. The lowest BCUT2D eigenvalue weighted by Crippen LogP contribution is -2.02. The third-order valence-electron chi connectivity index (χ3n) is 2.30. The van der Waals surface area contributed by atoms with Crippen molar-refractivity contribution in [3.63, 3.8) is 0 Å². The van der Waals surface area contributed by atoms with Crippen LogP contribution in [-0.4, -0.2) is 24.5 Å². The molecule has 15 heavy (non-hydrogen) atoms.